The Morgan fingerprint density at radius 1 is 0.500 bits per heavy atom. The molecule has 0 aliphatic heterocycles. The third-order valence-electron chi connectivity index (χ3n) is 9.60. The van der Waals surface area contributed by atoms with Gasteiger partial charge < -0.3 is 30.3 Å². The van der Waals surface area contributed by atoms with Crippen LogP contribution < -0.4 is 10.6 Å². The molecule has 10 nitrogen and oxygen atoms in total. The van der Waals surface area contributed by atoms with Crippen LogP contribution in [-0.4, -0.2) is 59.6 Å². The first-order chi connectivity index (χ1) is 24.3. The van der Waals surface area contributed by atoms with E-state index in [9.17, 15) is 29.4 Å². The average Bonchev–Trinajstić information content (AvgIpc) is 3.62. The van der Waals surface area contributed by atoms with Crippen LogP contribution in [0.1, 0.15) is 72.6 Å². The molecule has 0 aromatic heterocycles. The molecule has 4 aromatic carbocycles. The van der Waals surface area contributed by atoms with E-state index in [1.54, 1.807) is 0 Å². The number of benzene rings is 4. The molecule has 0 bridgehead atoms. The SMILES string of the molecule is O=C(N[C@@H](CCCCCC[C@H](NC(=O)OCC1c2ccccc2-c2ccccc21)C(=O)O)C(=O)O)OCC1c2ccccc2-c2ccccc21. The molecule has 2 aliphatic carbocycles. The van der Waals surface area contributed by atoms with Gasteiger partial charge in [0, 0.05) is 11.8 Å². The number of rotatable bonds is 15. The third-order valence-corrected chi connectivity index (χ3v) is 9.60. The minimum atomic E-state index is -1.16. The first-order valence-electron chi connectivity index (χ1n) is 17.0. The molecule has 50 heavy (non-hydrogen) atoms. The number of carbonyl (C=O) groups is 4. The summed E-state index contributed by atoms with van der Waals surface area (Å²) in [4.78, 5) is 49.0. The standard InChI is InChI=1S/C40H40N2O8/c43-37(44)35(41-39(47)49-23-33-29-17-9-5-13-25(29)26-14-6-10-18-30(26)33)21-3-1-2-4-22-36(38(45)46)42-40(48)50-24-34-31-19-11-7-15-27(31)28-16-8-12-20-32(28)34/h5-20,33-36H,1-4,21-24H2,(H,41,47)(H,42,48)(H,43,44)(H,45,46)/t35-,36-/m0/s1. The molecular formula is C40H40N2O8. The maximum atomic E-state index is 12.6. The molecule has 10 heteroatoms. The number of amides is 2. The second-order valence-electron chi connectivity index (χ2n) is 12.7. The minimum absolute atomic E-state index is 0.0843. The number of carbonyl (C=O) groups excluding carboxylic acids is 2. The van der Waals surface area contributed by atoms with Crippen molar-refractivity contribution in [3.63, 3.8) is 0 Å². The molecule has 2 amide bonds. The fraction of sp³-hybridized carbons (Fsp3) is 0.300. The van der Waals surface area contributed by atoms with E-state index in [-0.39, 0.29) is 37.9 Å². The molecule has 0 radical (unpaired) electrons. The van der Waals surface area contributed by atoms with Crippen LogP contribution in [0.3, 0.4) is 0 Å². The highest BCUT2D eigenvalue weighted by molar-refractivity contribution is 5.82. The highest BCUT2D eigenvalue weighted by atomic mass is 16.6. The van der Waals surface area contributed by atoms with Crippen molar-refractivity contribution in [2.45, 2.75) is 62.4 Å². The Labute approximate surface area is 290 Å². The summed E-state index contributed by atoms with van der Waals surface area (Å²) in [7, 11) is 0. The van der Waals surface area contributed by atoms with Gasteiger partial charge in [0.05, 0.1) is 0 Å². The van der Waals surface area contributed by atoms with Crippen molar-refractivity contribution in [2.75, 3.05) is 13.2 Å². The summed E-state index contributed by atoms with van der Waals surface area (Å²) in [6.45, 7) is 0.169. The van der Waals surface area contributed by atoms with E-state index in [4.69, 9.17) is 9.47 Å². The van der Waals surface area contributed by atoms with Gasteiger partial charge in [0.25, 0.3) is 0 Å². The normalized spacial score (nSPS) is 14.0. The number of hydrogen-bond acceptors (Lipinski definition) is 6. The van der Waals surface area contributed by atoms with Gasteiger partial charge in [0.1, 0.15) is 25.3 Å². The number of ether oxygens (including phenoxy) is 2. The Morgan fingerprint density at radius 3 is 1.10 bits per heavy atom. The van der Waals surface area contributed by atoms with Gasteiger partial charge in [0.2, 0.25) is 0 Å². The van der Waals surface area contributed by atoms with Crippen molar-refractivity contribution < 1.29 is 38.9 Å². The molecule has 258 valence electrons. The smallest absolute Gasteiger partial charge is 0.407 e. The lowest BCUT2D eigenvalue weighted by atomic mass is 9.98. The van der Waals surface area contributed by atoms with E-state index < -0.39 is 36.2 Å². The van der Waals surface area contributed by atoms with E-state index in [1.165, 1.54) is 0 Å². The number of aliphatic carboxylic acids is 2. The molecule has 4 aromatic rings. The van der Waals surface area contributed by atoms with E-state index in [0.717, 1.165) is 44.5 Å². The number of unbranched alkanes of at least 4 members (excludes halogenated alkanes) is 3. The first kappa shape index (κ1) is 34.2. The van der Waals surface area contributed by atoms with E-state index in [1.807, 2.05) is 97.1 Å². The van der Waals surface area contributed by atoms with Gasteiger partial charge >= 0.3 is 24.1 Å². The van der Waals surface area contributed by atoms with Gasteiger partial charge in [-0.3, -0.25) is 0 Å². The molecule has 0 heterocycles. The number of carboxylic acid groups (broad SMARTS) is 2. The second-order valence-corrected chi connectivity index (χ2v) is 12.7. The Hall–Kier alpha value is -5.64. The summed E-state index contributed by atoms with van der Waals surface area (Å²) in [6, 6.07) is 29.6. The average molecular weight is 677 g/mol. The lowest BCUT2D eigenvalue weighted by Crippen LogP contribution is -2.41. The predicted octanol–water partition coefficient (Wildman–Crippen LogP) is 7.31. The number of fused-ring (bicyclic) bond motifs is 6. The van der Waals surface area contributed by atoms with Crippen LogP contribution >= 0.6 is 0 Å². The van der Waals surface area contributed by atoms with Gasteiger partial charge in [-0.25, -0.2) is 19.2 Å². The van der Waals surface area contributed by atoms with Crippen LogP contribution in [0.2, 0.25) is 0 Å². The Morgan fingerprint density at radius 2 is 0.800 bits per heavy atom. The van der Waals surface area contributed by atoms with Gasteiger partial charge in [-0.1, -0.05) is 123 Å². The summed E-state index contributed by atoms with van der Waals surface area (Å²) in [6.07, 6.45) is 1.04. The predicted molar refractivity (Wildman–Crippen MR) is 187 cm³/mol. The van der Waals surface area contributed by atoms with Crippen LogP contribution in [0.5, 0.6) is 0 Å². The summed E-state index contributed by atoms with van der Waals surface area (Å²) in [5.41, 5.74) is 8.66. The second kappa shape index (κ2) is 15.7. The molecule has 0 saturated heterocycles. The molecule has 4 N–H and O–H groups in total. The van der Waals surface area contributed by atoms with E-state index in [0.29, 0.717) is 25.7 Å². The Balaban J connectivity index is 0.904. The van der Waals surface area contributed by atoms with Crippen molar-refractivity contribution in [1.82, 2.24) is 10.6 Å². The highest BCUT2D eigenvalue weighted by Gasteiger charge is 2.31. The zero-order valence-corrected chi connectivity index (χ0v) is 27.5. The fourth-order valence-electron chi connectivity index (χ4n) is 7.13. The Kier molecular flexibility index (Phi) is 10.8. The van der Waals surface area contributed by atoms with Crippen LogP contribution in [0.15, 0.2) is 97.1 Å². The number of hydrogen-bond donors (Lipinski definition) is 4. The van der Waals surface area contributed by atoms with Crippen LogP contribution in [0.25, 0.3) is 22.3 Å². The van der Waals surface area contributed by atoms with Gasteiger partial charge in [-0.15, -0.1) is 0 Å². The molecular weight excluding hydrogens is 636 g/mol. The van der Waals surface area contributed by atoms with Crippen molar-refractivity contribution in [2.24, 2.45) is 0 Å². The lowest BCUT2D eigenvalue weighted by Gasteiger charge is -2.18. The largest absolute Gasteiger partial charge is 0.480 e. The van der Waals surface area contributed by atoms with E-state index in [2.05, 4.69) is 10.6 Å². The zero-order valence-electron chi connectivity index (χ0n) is 27.5. The molecule has 6 rings (SSSR count). The topological polar surface area (TPSA) is 151 Å². The monoisotopic (exact) mass is 676 g/mol. The maximum absolute atomic E-state index is 12.6. The van der Waals surface area contributed by atoms with Gasteiger partial charge in [-0.05, 0) is 57.3 Å². The van der Waals surface area contributed by atoms with Gasteiger partial charge in [-0.2, -0.15) is 0 Å². The third kappa shape index (κ3) is 7.64. The highest BCUT2D eigenvalue weighted by Crippen LogP contribution is 2.45. The molecule has 0 unspecified atom stereocenters. The molecule has 0 saturated carbocycles. The first-order valence-corrected chi connectivity index (χ1v) is 17.0. The minimum Gasteiger partial charge on any atom is -0.480 e. The summed E-state index contributed by atoms with van der Waals surface area (Å²) in [5.74, 6) is -2.58. The zero-order chi connectivity index (χ0) is 35.0. The van der Waals surface area contributed by atoms with Crippen molar-refractivity contribution >= 4 is 24.1 Å². The number of nitrogens with one attached hydrogen (secondary N) is 2. The lowest BCUT2D eigenvalue weighted by molar-refractivity contribution is -0.140. The quantitative estimate of drug-likeness (QED) is 0.0957. The molecule has 0 fully saturated rings. The summed E-state index contributed by atoms with van der Waals surface area (Å²) < 4.78 is 11.0. The molecule has 2 atom stereocenters. The van der Waals surface area contributed by atoms with Crippen LogP contribution in [0.4, 0.5) is 9.59 Å². The molecule has 0 spiro atoms. The Bertz CT molecular complexity index is 1650. The van der Waals surface area contributed by atoms with Gasteiger partial charge in [0.15, 0.2) is 0 Å². The van der Waals surface area contributed by atoms with Crippen molar-refractivity contribution in [3.05, 3.63) is 119 Å². The summed E-state index contributed by atoms with van der Waals surface area (Å²) >= 11 is 0. The molecule has 2 aliphatic rings. The van der Waals surface area contributed by atoms with Crippen LogP contribution in [-0.2, 0) is 19.1 Å². The summed E-state index contributed by atoms with van der Waals surface area (Å²) in [5, 5.41) is 24.4. The van der Waals surface area contributed by atoms with E-state index >= 15 is 0 Å². The number of alkyl carbamates (subject to hydrolysis) is 2. The number of carboxylic acids is 2. The maximum Gasteiger partial charge on any atom is 0.407 e. The van der Waals surface area contributed by atoms with Crippen molar-refractivity contribution in [3.8, 4) is 22.3 Å². The van der Waals surface area contributed by atoms with Crippen molar-refractivity contribution in [1.29, 1.82) is 0 Å². The van der Waals surface area contributed by atoms with Crippen LogP contribution in [0, 0.1) is 0 Å². The fourth-order valence-corrected chi connectivity index (χ4v) is 7.13.